The Bertz CT molecular complexity index is 1070. The Labute approximate surface area is 179 Å². The number of benzene rings is 1. The number of nitrogens with one attached hydrogen (secondary N) is 1. The van der Waals surface area contributed by atoms with Crippen molar-refractivity contribution in [1.29, 1.82) is 0 Å². The van der Waals surface area contributed by atoms with Crippen molar-refractivity contribution in [3.8, 4) is 0 Å². The van der Waals surface area contributed by atoms with Crippen molar-refractivity contribution >= 4 is 39.2 Å². The lowest BCUT2D eigenvalue weighted by Crippen LogP contribution is -2.28. The van der Waals surface area contributed by atoms with Crippen LogP contribution in [-0.2, 0) is 11.3 Å². The molecular formula is C22H27N3O2S2. The number of hydrogen-bond donors (Lipinski definition) is 1. The van der Waals surface area contributed by atoms with Gasteiger partial charge in [-0.3, -0.25) is 14.2 Å². The first kappa shape index (κ1) is 21.6. The van der Waals surface area contributed by atoms with Crippen LogP contribution in [0.25, 0.3) is 10.2 Å². The minimum Gasteiger partial charge on any atom is -0.355 e. The molecule has 0 bridgehead atoms. The van der Waals surface area contributed by atoms with E-state index >= 15 is 0 Å². The van der Waals surface area contributed by atoms with E-state index in [1.54, 1.807) is 4.57 Å². The lowest BCUT2D eigenvalue weighted by molar-refractivity contribution is -0.118. The number of thioether (sulfide) groups is 1. The van der Waals surface area contributed by atoms with Gasteiger partial charge in [0.1, 0.15) is 4.70 Å². The summed E-state index contributed by atoms with van der Waals surface area (Å²) in [6.07, 6.45) is 0.951. The van der Waals surface area contributed by atoms with Crippen molar-refractivity contribution in [3.05, 3.63) is 56.7 Å². The molecule has 0 spiro atoms. The number of aryl methyl sites for hydroxylation is 2. The smallest absolute Gasteiger partial charge is 0.272 e. The first-order valence-electron chi connectivity index (χ1n) is 9.79. The standard InChI is InChI=1S/C22H27N3O2S2/c1-14(2)7-9-23-19(26)13-29-22-24-18-8-10-28-20(18)21(27)25(22)12-17-6-5-15(3)16(4)11-17/h5-6,8,10-11,14H,7,9,12-13H2,1-4H3,(H,23,26). The maximum atomic E-state index is 13.1. The average Bonchev–Trinajstić information content (AvgIpc) is 3.14. The molecule has 154 valence electrons. The molecule has 29 heavy (non-hydrogen) atoms. The van der Waals surface area contributed by atoms with Crippen molar-refractivity contribution in [2.45, 2.75) is 45.8 Å². The van der Waals surface area contributed by atoms with Crippen LogP contribution in [0.1, 0.15) is 37.0 Å². The molecule has 0 unspecified atom stereocenters. The third kappa shape index (κ3) is 5.48. The van der Waals surface area contributed by atoms with Gasteiger partial charge in [-0.05, 0) is 54.3 Å². The summed E-state index contributed by atoms with van der Waals surface area (Å²) in [6.45, 7) is 9.52. The fraction of sp³-hybridized carbons (Fsp3) is 0.409. The van der Waals surface area contributed by atoms with Crippen LogP contribution < -0.4 is 10.9 Å². The van der Waals surface area contributed by atoms with Gasteiger partial charge in [-0.2, -0.15) is 0 Å². The summed E-state index contributed by atoms with van der Waals surface area (Å²) in [5.41, 5.74) is 4.11. The summed E-state index contributed by atoms with van der Waals surface area (Å²) in [7, 11) is 0. The predicted molar refractivity (Wildman–Crippen MR) is 122 cm³/mol. The number of fused-ring (bicyclic) bond motifs is 1. The number of amides is 1. The van der Waals surface area contributed by atoms with Crippen LogP contribution in [0.5, 0.6) is 0 Å². The van der Waals surface area contributed by atoms with Gasteiger partial charge in [0.25, 0.3) is 5.56 Å². The second-order valence-electron chi connectivity index (χ2n) is 7.66. The highest BCUT2D eigenvalue weighted by molar-refractivity contribution is 7.99. The summed E-state index contributed by atoms with van der Waals surface area (Å²) < 4.78 is 2.34. The molecule has 3 aromatic rings. The van der Waals surface area contributed by atoms with Crippen molar-refractivity contribution in [2.24, 2.45) is 5.92 Å². The average molecular weight is 430 g/mol. The van der Waals surface area contributed by atoms with Gasteiger partial charge in [-0.1, -0.05) is 43.8 Å². The van der Waals surface area contributed by atoms with E-state index in [0.717, 1.165) is 12.0 Å². The van der Waals surface area contributed by atoms with Crippen LogP contribution in [0.15, 0.2) is 39.6 Å². The molecule has 5 nitrogen and oxygen atoms in total. The Hall–Kier alpha value is -2.12. The molecule has 0 saturated heterocycles. The Balaban J connectivity index is 1.83. The predicted octanol–water partition coefficient (Wildman–Crippen LogP) is 4.38. The number of carbonyl (C=O) groups is 1. The molecule has 2 aromatic heterocycles. The maximum Gasteiger partial charge on any atom is 0.272 e. The Morgan fingerprint density at radius 3 is 2.76 bits per heavy atom. The zero-order valence-corrected chi connectivity index (χ0v) is 19.0. The summed E-state index contributed by atoms with van der Waals surface area (Å²) in [5.74, 6) is 0.759. The molecule has 1 N–H and O–H groups in total. The highest BCUT2D eigenvalue weighted by Gasteiger charge is 2.15. The van der Waals surface area contributed by atoms with Crippen molar-refractivity contribution < 1.29 is 4.79 Å². The van der Waals surface area contributed by atoms with Gasteiger partial charge in [-0.25, -0.2) is 4.98 Å². The molecule has 2 heterocycles. The fourth-order valence-corrected chi connectivity index (χ4v) is 4.55. The lowest BCUT2D eigenvalue weighted by Gasteiger charge is -2.13. The van der Waals surface area contributed by atoms with Crippen LogP contribution in [-0.4, -0.2) is 27.8 Å². The lowest BCUT2D eigenvalue weighted by atomic mass is 10.1. The molecule has 7 heteroatoms. The maximum absolute atomic E-state index is 13.1. The first-order chi connectivity index (χ1) is 13.8. The number of carbonyl (C=O) groups excluding carboxylic acids is 1. The molecule has 0 aliphatic carbocycles. The van der Waals surface area contributed by atoms with E-state index in [4.69, 9.17) is 0 Å². The monoisotopic (exact) mass is 429 g/mol. The van der Waals surface area contributed by atoms with Crippen LogP contribution in [0.2, 0.25) is 0 Å². The Morgan fingerprint density at radius 2 is 2.03 bits per heavy atom. The molecule has 3 rings (SSSR count). The van der Waals surface area contributed by atoms with E-state index in [2.05, 4.69) is 50.1 Å². The number of nitrogens with zero attached hydrogens (tertiary/aromatic N) is 2. The third-order valence-corrected chi connectivity index (χ3v) is 6.69. The summed E-state index contributed by atoms with van der Waals surface area (Å²) >= 11 is 2.72. The van der Waals surface area contributed by atoms with Gasteiger partial charge in [-0.15, -0.1) is 11.3 Å². The molecule has 0 saturated carbocycles. The van der Waals surface area contributed by atoms with Crippen molar-refractivity contribution in [3.63, 3.8) is 0 Å². The number of rotatable bonds is 8. The second kappa shape index (κ2) is 9.59. The van der Waals surface area contributed by atoms with Crippen molar-refractivity contribution in [1.82, 2.24) is 14.9 Å². The van der Waals surface area contributed by atoms with E-state index in [-0.39, 0.29) is 17.2 Å². The van der Waals surface area contributed by atoms with Crippen LogP contribution in [0.3, 0.4) is 0 Å². The topological polar surface area (TPSA) is 64.0 Å². The summed E-state index contributed by atoms with van der Waals surface area (Å²) in [5, 5.41) is 5.40. The number of hydrogen-bond acceptors (Lipinski definition) is 5. The Kier molecular flexibility index (Phi) is 7.14. The van der Waals surface area contributed by atoms with E-state index in [1.807, 2.05) is 17.5 Å². The van der Waals surface area contributed by atoms with Gasteiger partial charge in [0.05, 0.1) is 17.8 Å². The summed E-state index contributed by atoms with van der Waals surface area (Å²) in [6, 6.07) is 8.07. The first-order valence-corrected chi connectivity index (χ1v) is 11.7. The van der Waals surface area contributed by atoms with Crippen LogP contribution in [0, 0.1) is 19.8 Å². The highest BCUT2D eigenvalue weighted by Crippen LogP contribution is 2.22. The summed E-state index contributed by atoms with van der Waals surface area (Å²) in [4.78, 5) is 29.9. The number of aromatic nitrogens is 2. The molecule has 1 aromatic carbocycles. The number of thiophene rings is 1. The SMILES string of the molecule is Cc1ccc(Cn2c(SCC(=O)NCCC(C)C)nc3ccsc3c2=O)cc1C. The third-order valence-electron chi connectivity index (χ3n) is 4.82. The van der Waals surface area contributed by atoms with E-state index in [1.165, 1.54) is 34.2 Å². The van der Waals surface area contributed by atoms with Gasteiger partial charge in [0.15, 0.2) is 5.16 Å². The molecular weight excluding hydrogens is 402 g/mol. The minimum absolute atomic E-state index is 0.0342. The van der Waals surface area contributed by atoms with Gasteiger partial charge in [0, 0.05) is 6.54 Å². The van der Waals surface area contributed by atoms with E-state index < -0.39 is 0 Å². The molecule has 0 aliphatic heterocycles. The molecule has 0 fully saturated rings. The Morgan fingerprint density at radius 1 is 1.24 bits per heavy atom. The fourth-order valence-electron chi connectivity index (χ4n) is 2.94. The van der Waals surface area contributed by atoms with Gasteiger partial charge >= 0.3 is 0 Å². The van der Waals surface area contributed by atoms with Crippen LogP contribution >= 0.6 is 23.1 Å². The van der Waals surface area contributed by atoms with E-state index in [0.29, 0.717) is 34.4 Å². The molecule has 1 amide bonds. The molecule has 0 atom stereocenters. The minimum atomic E-state index is -0.0501. The zero-order valence-electron chi connectivity index (χ0n) is 17.3. The van der Waals surface area contributed by atoms with Gasteiger partial charge in [0.2, 0.25) is 5.91 Å². The quantitative estimate of drug-likeness (QED) is 0.426. The largest absolute Gasteiger partial charge is 0.355 e. The molecule has 0 radical (unpaired) electrons. The van der Waals surface area contributed by atoms with E-state index in [9.17, 15) is 9.59 Å². The second-order valence-corrected chi connectivity index (χ2v) is 9.52. The highest BCUT2D eigenvalue weighted by atomic mass is 32.2. The zero-order chi connectivity index (χ0) is 21.0. The van der Waals surface area contributed by atoms with Gasteiger partial charge < -0.3 is 5.32 Å². The normalized spacial score (nSPS) is 11.3. The van der Waals surface area contributed by atoms with Crippen LogP contribution in [0.4, 0.5) is 0 Å². The molecule has 0 aliphatic rings. The van der Waals surface area contributed by atoms with Crippen molar-refractivity contribution in [2.75, 3.05) is 12.3 Å².